The molecule has 1 atom stereocenters. The van der Waals surface area contributed by atoms with Gasteiger partial charge in [-0.1, -0.05) is 75.8 Å². The van der Waals surface area contributed by atoms with E-state index in [0.717, 1.165) is 6.42 Å². The van der Waals surface area contributed by atoms with E-state index in [0.29, 0.717) is 5.92 Å². The molecule has 0 aliphatic rings. The quantitative estimate of drug-likeness (QED) is 0.411. The number of unbranched alkanes of at least 4 members (excludes halogenated alkanes) is 5. The van der Waals surface area contributed by atoms with Gasteiger partial charge >= 0.3 is 0 Å². The molecule has 1 aromatic rings. The van der Waals surface area contributed by atoms with E-state index < -0.39 is 0 Å². The third-order valence-electron chi connectivity index (χ3n) is 3.47. The Morgan fingerprint density at radius 2 is 1.67 bits per heavy atom. The molecule has 1 rings (SSSR count). The number of hydrogen-bond acceptors (Lipinski definition) is 0. The van der Waals surface area contributed by atoms with Crippen molar-refractivity contribution in [2.24, 2.45) is 5.92 Å². The highest BCUT2D eigenvalue weighted by atomic mass is 14.1. The Labute approximate surface area is 113 Å². The fourth-order valence-corrected chi connectivity index (χ4v) is 2.31. The van der Waals surface area contributed by atoms with Gasteiger partial charge in [-0.3, -0.25) is 0 Å². The minimum Gasteiger partial charge on any atom is -0.120 e. The van der Waals surface area contributed by atoms with Crippen molar-refractivity contribution in [1.29, 1.82) is 0 Å². The summed E-state index contributed by atoms with van der Waals surface area (Å²) in [7, 11) is 0. The lowest BCUT2D eigenvalue weighted by atomic mass is 9.94. The lowest BCUT2D eigenvalue weighted by Gasteiger charge is -2.10. The molecule has 0 spiro atoms. The van der Waals surface area contributed by atoms with Gasteiger partial charge in [0, 0.05) is 5.92 Å². The highest BCUT2D eigenvalue weighted by Gasteiger charge is 2.05. The highest BCUT2D eigenvalue weighted by molar-refractivity contribution is 5.17. The molecule has 0 heteroatoms. The molecular formula is C18H26. The number of hydrogen-bond donors (Lipinski definition) is 0. The summed E-state index contributed by atoms with van der Waals surface area (Å²) in [4.78, 5) is 0. The lowest BCUT2D eigenvalue weighted by molar-refractivity contribution is 0.527. The number of benzene rings is 1. The van der Waals surface area contributed by atoms with Crippen LogP contribution in [0.15, 0.2) is 30.3 Å². The Kier molecular flexibility index (Phi) is 8.06. The Balaban J connectivity index is 2.17. The van der Waals surface area contributed by atoms with Gasteiger partial charge in [-0.15, -0.1) is 12.3 Å². The molecule has 0 nitrogen and oxygen atoms in total. The molecule has 0 bridgehead atoms. The van der Waals surface area contributed by atoms with Crippen LogP contribution < -0.4 is 0 Å². The summed E-state index contributed by atoms with van der Waals surface area (Å²) >= 11 is 0. The van der Waals surface area contributed by atoms with Gasteiger partial charge in [-0.2, -0.15) is 0 Å². The molecule has 1 aromatic carbocycles. The maximum absolute atomic E-state index is 5.63. The summed E-state index contributed by atoms with van der Waals surface area (Å²) in [5.74, 6) is 3.37. The van der Waals surface area contributed by atoms with Crippen LogP contribution in [0.4, 0.5) is 0 Å². The third-order valence-corrected chi connectivity index (χ3v) is 3.47. The second-order valence-corrected chi connectivity index (χ2v) is 5.11. The van der Waals surface area contributed by atoms with E-state index in [1.807, 2.05) is 0 Å². The van der Waals surface area contributed by atoms with Crippen LogP contribution in [0.3, 0.4) is 0 Å². The van der Waals surface area contributed by atoms with Gasteiger partial charge in [0.25, 0.3) is 0 Å². The summed E-state index contributed by atoms with van der Waals surface area (Å²) in [6, 6.07) is 10.6. The monoisotopic (exact) mass is 242 g/mol. The van der Waals surface area contributed by atoms with Gasteiger partial charge in [0.15, 0.2) is 0 Å². The molecule has 0 aliphatic carbocycles. The smallest absolute Gasteiger partial charge is 0.0240 e. The maximum atomic E-state index is 5.63. The number of rotatable bonds is 9. The predicted molar refractivity (Wildman–Crippen MR) is 80.5 cm³/mol. The third kappa shape index (κ3) is 6.50. The summed E-state index contributed by atoms with van der Waals surface area (Å²) in [5, 5.41) is 0. The number of terminal acetylenes is 1. The molecule has 0 amide bonds. The first-order valence-corrected chi connectivity index (χ1v) is 7.37. The van der Waals surface area contributed by atoms with Gasteiger partial charge in [0.1, 0.15) is 0 Å². The van der Waals surface area contributed by atoms with Crippen molar-refractivity contribution < 1.29 is 0 Å². The van der Waals surface area contributed by atoms with E-state index in [4.69, 9.17) is 6.42 Å². The minimum atomic E-state index is 0.415. The van der Waals surface area contributed by atoms with Gasteiger partial charge in [0.05, 0.1) is 0 Å². The molecule has 0 fully saturated rings. The Hall–Kier alpha value is -1.22. The zero-order chi connectivity index (χ0) is 13.1. The highest BCUT2D eigenvalue weighted by Crippen LogP contribution is 2.16. The molecule has 18 heavy (non-hydrogen) atoms. The van der Waals surface area contributed by atoms with E-state index in [-0.39, 0.29) is 0 Å². The van der Waals surface area contributed by atoms with Gasteiger partial charge in [-0.05, 0) is 18.4 Å². The molecule has 0 aromatic heterocycles. The lowest BCUT2D eigenvalue weighted by Crippen LogP contribution is -2.01. The standard InChI is InChI=1S/C18H26/c1-3-5-6-7-8-10-13-17(4-2)16-18-14-11-9-12-15-18/h2,9,11-12,14-15,17H,3,5-8,10,13,16H2,1H3. The second kappa shape index (κ2) is 9.77. The van der Waals surface area contributed by atoms with E-state index in [9.17, 15) is 0 Å². The molecule has 98 valence electrons. The first-order chi connectivity index (χ1) is 8.86. The average molecular weight is 242 g/mol. The topological polar surface area (TPSA) is 0 Å². The van der Waals surface area contributed by atoms with Crippen LogP contribution in [0.2, 0.25) is 0 Å². The molecule has 0 N–H and O–H groups in total. The van der Waals surface area contributed by atoms with Crippen molar-refractivity contribution in [3.05, 3.63) is 35.9 Å². The fourth-order valence-electron chi connectivity index (χ4n) is 2.31. The molecule has 1 unspecified atom stereocenters. The van der Waals surface area contributed by atoms with Crippen molar-refractivity contribution in [3.8, 4) is 12.3 Å². The molecular weight excluding hydrogens is 216 g/mol. The summed E-state index contributed by atoms with van der Waals surface area (Å²) in [5.41, 5.74) is 1.37. The van der Waals surface area contributed by atoms with Crippen LogP contribution in [0, 0.1) is 18.3 Å². The van der Waals surface area contributed by atoms with Gasteiger partial charge < -0.3 is 0 Å². The van der Waals surface area contributed by atoms with Crippen molar-refractivity contribution in [2.45, 2.75) is 58.3 Å². The molecule has 0 heterocycles. The van der Waals surface area contributed by atoms with Crippen LogP contribution in [-0.4, -0.2) is 0 Å². The van der Waals surface area contributed by atoms with Crippen LogP contribution in [0.25, 0.3) is 0 Å². The van der Waals surface area contributed by atoms with Crippen LogP contribution in [0.1, 0.15) is 57.4 Å². The van der Waals surface area contributed by atoms with Crippen molar-refractivity contribution in [3.63, 3.8) is 0 Å². The summed E-state index contributed by atoms with van der Waals surface area (Å²) < 4.78 is 0. The van der Waals surface area contributed by atoms with Crippen molar-refractivity contribution in [2.75, 3.05) is 0 Å². The van der Waals surface area contributed by atoms with E-state index in [1.54, 1.807) is 0 Å². The maximum Gasteiger partial charge on any atom is 0.0240 e. The van der Waals surface area contributed by atoms with Gasteiger partial charge in [0.2, 0.25) is 0 Å². The summed E-state index contributed by atoms with van der Waals surface area (Å²) in [6.07, 6.45) is 15.9. The molecule has 0 saturated carbocycles. The predicted octanol–water partition coefficient (Wildman–Crippen LogP) is 5.23. The minimum absolute atomic E-state index is 0.415. The summed E-state index contributed by atoms with van der Waals surface area (Å²) in [6.45, 7) is 2.26. The van der Waals surface area contributed by atoms with E-state index in [1.165, 1.54) is 50.5 Å². The first kappa shape index (κ1) is 14.8. The molecule has 0 aliphatic heterocycles. The van der Waals surface area contributed by atoms with Crippen molar-refractivity contribution >= 4 is 0 Å². The van der Waals surface area contributed by atoms with Crippen LogP contribution >= 0.6 is 0 Å². The molecule has 0 radical (unpaired) electrons. The first-order valence-electron chi connectivity index (χ1n) is 7.37. The zero-order valence-electron chi connectivity index (χ0n) is 11.7. The Bertz CT molecular complexity index is 331. The van der Waals surface area contributed by atoms with E-state index >= 15 is 0 Å². The SMILES string of the molecule is C#CC(CCCCCCCC)Cc1ccccc1. The Morgan fingerprint density at radius 3 is 2.33 bits per heavy atom. The second-order valence-electron chi connectivity index (χ2n) is 5.11. The molecule has 0 saturated heterocycles. The zero-order valence-corrected chi connectivity index (χ0v) is 11.7. The van der Waals surface area contributed by atoms with Crippen LogP contribution in [-0.2, 0) is 6.42 Å². The average Bonchev–Trinajstić information content (AvgIpc) is 2.42. The van der Waals surface area contributed by atoms with Crippen molar-refractivity contribution in [1.82, 2.24) is 0 Å². The van der Waals surface area contributed by atoms with Crippen LogP contribution in [0.5, 0.6) is 0 Å². The van der Waals surface area contributed by atoms with E-state index in [2.05, 4.69) is 43.2 Å². The Morgan fingerprint density at radius 1 is 1.00 bits per heavy atom. The fraction of sp³-hybridized carbons (Fsp3) is 0.556. The normalized spacial score (nSPS) is 12.0. The largest absolute Gasteiger partial charge is 0.120 e. The van der Waals surface area contributed by atoms with Gasteiger partial charge in [-0.25, -0.2) is 0 Å².